The van der Waals surface area contributed by atoms with Gasteiger partial charge >= 0.3 is 5.97 Å². The van der Waals surface area contributed by atoms with Crippen molar-refractivity contribution in [1.82, 2.24) is 9.13 Å². The Labute approximate surface area is 180 Å². The number of ether oxygens (including phenoxy) is 1. The van der Waals surface area contributed by atoms with Gasteiger partial charge in [-0.05, 0) is 63.3 Å². The Bertz CT molecular complexity index is 875. The van der Waals surface area contributed by atoms with Crippen LogP contribution < -0.4 is 0 Å². The van der Waals surface area contributed by atoms with E-state index in [1.54, 1.807) is 0 Å². The first-order valence-corrected chi connectivity index (χ1v) is 11.6. The summed E-state index contributed by atoms with van der Waals surface area (Å²) in [5, 5.41) is 0. The molecule has 0 bridgehead atoms. The van der Waals surface area contributed by atoms with E-state index in [2.05, 4.69) is 29.0 Å². The molecule has 1 unspecified atom stereocenters. The number of aryl methyl sites for hydroxylation is 2. The highest BCUT2D eigenvalue weighted by Crippen LogP contribution is 2.34. The molecule has 0 saturated heterocycles. The molecule has 164 valence electrons. The molecule has 0 spiro atoms. The van der Waals surface area contributed by atoms with Gasteiger partial charge < -0.3 is 13.9 Å². The van der Waals surface area contributed by atoms with Crippen LogP contribution in [0.15, 0.2) is 24.4 Å². The molecule has 0 aliphatic carbocycles. The summed E-state index contributed by atoms with van der Waals surface area (Å²) < 4.78 is 9.77. The minimum atomic E-state index is -0.293. The fourth-order valence-corrected chi connectivity index (χ4v) is 4.47. The Morgan fingerprint density at radius 1 is 1.20 bits per heavy atom. The second-order valence-electron chi connectivity index (χ2n) is 8.65. The molecule has 0 radical (unpaired) electrons. The molecule has 1 aliphatic rings. The smallest absolute Gasteiger partial charge is 0.315 e. The monoisotopic (exact) mass is 412 g/mol. The van der Waals surface area contributed by atoms with E-state index in [-0.39, 0.29) is 23.8 Å². The topological polar surface area (TPSA) is 53.2 Å². The molecule has 0 saturated carbocycles. The Balaban J connectivity index is 2.05. The van der Waals surface area contributed by atoms with Crippen LogP contribution in [-0.2, 0) is 29.0 Å². The fraction of sp³-hybridized carbons (Fsp3) is 0.600. The molecular formula is C25H36N2O3. The molecule has 30 heavy (non-hydrogen) atoms. The Kier molecular flexibility index (Phi) is 7.57. The lowest BCUT2D eigenvalue weighted by atomic mass is 9.98. The van der Waals surface area contributed by atoms with Crippen molar-refractivity contribution in [3.05, 3.63) is 47.0 Å². The van der Waals surface area contributed by atoms with Crippen LogP contribution in [-0.4, -0.2) is 27.0 Å². The molecule has 3 rings (SSSR count). The summed E-state index contributed by atoms with van der Waals surface area (Å²) in [6, 6.07) is 5.99. The zero-order valence-corrected chi connectivity index (χ0v) is 18.9. The minimum absolute atomic E-state index is 0.0729. The maximum atomic E-state index is 13.7. The number of esters is 1. The first-order valence-electron chi connectivity index (χ1n) is 11.6. The minimum Gasteiger partial charge on any atom is -0.462 e. The number of hydrogen-bond donors (Lipinski definition) is 0. The van der Waals surface area contributed by atoms with Crippen LogP contribution in [0.4, 0.5) is 0 Å². The van der Waals surface area contributed by atoms with Gasteiger partial charge in [0.05, 0.1) is 23.4 Å². The standard InChI is InChI=1S/C25H36N2O3/c1-5-7-14-26-15-10-13-21(26)24(28)23-19(11-6-2)17-22-20(25(29)30-18(3)4)12-8-9-16-27(22)23/h10,13,15,17-18,20H,5-9,11-12,14,16H2,1-4H3. The van der Waals surface area contributed by atoms with Gasteiger partial charge in [0.1, 0.15) is 0 Å². The van der Waals surface area contributed by atoms with Gasteiger partial charge in [-0.3, -0.25) is 9.59 Å². The summed E-state index contributed by atoms with van der Waals surface area (Å²) in [6.07, 6.45) is 8.50. The summed E-state index contributed by atoms with van der Waals surface area (Å²) in [5.74, 6) is -0.387. The summed E-state index contributed by atoms with van der Waals surface area (Å²) in [4.78, 5) is 26.6. The van der Waals surface area contributed by atoms with Crippen molar-refractivity contribution in [2.75, 3.05) is 0 Å². The number of hydrogen-bond acceptors (Lipinski definition) is 3. The fourth-order valence-electron chi connectivity index (χ4n) is 4.47. The van der Waals surface area contributed by atoms with E-state index >= 15 is 0 Å². The molecule has 1 aliphatic heterocycles. The molecule has 3 heterocycles. The number of nitrogens with zero attached hydrogens (tertiary/aromatic N) is 2. The second-order valence-corrected chi connectivity index (χ2v) is 8.65. The Hall–Kier alpha value is -2.30. The molecular weight excluding hydrogens is 376 g/mol. The quantitative estimate of drug-likeness (QED) is 0.404. The van der Waals surface area contributed by atoms with Crippen molar-refractivity contribution in [2.45, 2.75) is 97.8 Å². The first kappa shape index (κ1) is 22.4. The van der Waals surface area contributed by atoms with Crippen LogP contribution in [0, 0.1) is 0 Å². The van der Waals surface area contributed by atoms with E-state index in [1.165, 1.54) is 0 Å². The lowest BCUT2D eigenvalue weighted by Crippen LogP contribution is -2.22. The SMILES string of the molecule is CCCCn1cccc1C(=O)c1c(CCC)cc2n1CCCCC2C(=O)OC(C)C. The number of carbonyl (C=O) groups is 2. The summed E-state index contributed by atoms with van der Waals surface area (Å²) in [6.45, 7) is 9.69. The number of fused-ring (bicyclic) bond motifs is 1. The van der Waals surface area contributed by atoms with Gasteiger partial charge in [-0.15, -0.1) is 0 Å². The molecule has 0 aromatic carbocycles. The Morgan fingerprint density at radius 2 is 2.00 bits per heavy atom. The highest BCUT2D eigenvalue weighted by molar-refractivity contribution is 6.08. The lowest BCUT2D eigenvalue weighted by molar-refractivity contribution is -0.149. The molecule has 0 fully saturated rings. The van der Waals surface area contributed by atoms with Crippen molar-refractivity contribution < 1.29 is 14.3 Å². The van der Waals surface area contributed by atoms with Crippen molar-refractivity contribution >= 4 is 11.8 Å². The van der Waals surface area contributed by atoms with Gasteiger partial charge in [-0.1, -0.05) is 33.1 Å². The van der Waals surface area contributed by atoms with Crippen LogP contribution in [0.3, 0.4) is 0 Å². The number of aromatic nitrogens is 2. The third-order valence-electron chi connectivity index (χ3n) is 5.87. The number of carbonyl (C=O) groups excluding carboxylic acids is 2. The van der Waals surface area contributed by atoms with Gasteiger partial charge in [-0.2, -0.15) is 0 Å². The summed E-state index contributed by atoms with van der Waals surface area (Å²) >= 11 is 0. The number of ketones is 1. The van der Waals surface area contributed by atoms with Crippen LogP contribution >= 0.6 is 0 Å². The molecule has 5 heteroatoms. The molecule has 1 atom stereocenters. The van der Waals surface area contributed by atoms with Gasteiger partial charge in [-0.25, -0.2) is 0 Å². The number of unbranched alkanes of at least 4 members (excludes halogenated alkanes) is 1. The van der Waals surface area contributed by atoms with Crippen LogP contribution in [0.25, 0.3) is 0 Å². The normalized spacial score (nSPS) is 16.4. The summed E-state index contributed by atoms with van der Waals surface area (Å²) in [5.41, 5.74) is 3.53. The van der Waals surface area contributed by atoms with Crippen LogP contribution in [0.5, 0.6) is 0 Å². The lowest BCUT2D eigenvalue weighted by Gasteiger charge is -2.18. The summed E-state index contributed by atoms with van der Waals surface area (Å²) in [7, 11) is 0. The Morgan fingerprint density at radius 3 is 2.70 bits per heavy atom. The van der Waals surface area contributed by atoms with Crippen molar-refractivity contribution in [2.24, 2.45) is 0 Å². The molecule has 0 N–H and O–H groups in total. The van der Waals surface area contributed by atoms with Gasteiger partial charge in [0.2, 0.25) is 5.78 Å². The average Bonchev–Trinajstić information content (AvgIpc) is 3.25. The highest BCUT2D eigenvalue weighted by Gasteiger charge is 2.32. The van der Waals surface area contributed by atoms with Crippen LogP contribution in [0.1, 0.15) is 99.6 Å². The zero-order chi connectivity index (χ0) is 21.7. The zero-order valence-electron chi connectivity index (χ0n) is 18.9. The van der Waals surface area contributed by atoms with Gasteiger partial charge in [0.25, 0.3) is 0 Å². The average molecular weight is 413 g/mol. The van der Waals surface area contributed by atoms with E-state index in [1.807, 2.05) is 32.2 Å². The van der Waals surface area contributed by atoms with Crippen LogP contribution in [0.2, 0.25) is 0 Å². The largest absolute Gasteiger partial charge is 0.462 e. The first-order chi connectivity index (χ1) is 14.5. The van der Waals surface area contributed by atoms with E-state index in [0.29, 0.717) is 0 Å². The third-order valence-corrected chi connectivity index (χ3v) is 5.87. The maximum absolute atomic E-state index is 13.7. The van der Waals surface area contributed by atoms with Gasteiger partial charge in [0.15, 0.2) is 0 Å². The van der Waals surface area contributed by atoms with Gasteiger partial charge in [0, 0.05) is 25.0 Å². The predicted molar refractivity (Wildman–Crippen MR) is 119 cm³/mol. The molecule has 5 nitrogen and oxygen atoms in total. The number of rotatable bonds is 9. The maximum Gasteiger partial charge on any atom is 0.315 e. The van der Waals surface area contributed by atoms with E-state index in [4.69, 9.17) is 4.74 Å². The molecule has 2 aromatic heterocycles. The predicted octanol–water partition coefficient (Wildman–Crippen LogP) is 5.49. The van der Waals surface area contributed by atoms with E-state index < -0.39 is 0 Å². The van der Waals surface area contributed by atoms with Crippen molar-refractivity contribution in [3.63, 3.8) is 0 Å². The molecule has 0 amide bonds. The van der Waals surface area contributed by atoms with E-state index in [0.717, 1.165) is 80.7 Å². The van der Waals surface area contributed by atoms with E-state index in [9.17, 15) is 9.59 Å². The highest BCUT2D eigenvalue weighted by atomic mass is 16.5. The second kappa shape index (κ2) is 10.1. The van der Waals surface area contributed by atoms with Crippen molar-refractivity contribution in [1.29, 1.82) is 0 Å². The van der Waals surface area contributed by atoms with Crippen molar-refractivity contribution in [3.8, 4) is 0 Å². The molecule has 2 aromatic rings. The third kappa shape index (κ3) is 4.71.